The van der Waals surface area contributed by atoms with Crippen LogP contribution in [0.2, 0.25) is 0 Å². The third-order valence-electron chi connectivity index (χ3n) is 6.06. The lowest BCUT2D eigenvalue weighted by Gasteiger charge is -2.25. The first-order chi connectivity index (χ1) is 19.3. The molecule has 0 amide bonds. The number of carbonyl (C=O) groups excluding carboxylic acids is 2. The lowest BCUT2D eigenvalue weighted by Crippen LogP contribution is -2.40. The van der Waals surface area contributed by atoms with Crippen molar-refractivity contribution >= 4 is 66.9 Å². The van der Waals surface area contributed by atoms with Gasteiger partial charge in [-0.25, -0.2) is 9.79 Å². The van der Waals surface area contributed by atoms with Crippen molar-refractivity contribution in [3.8, 4) is 5.75 Å². The van der Waals surface area contributed by atoms with Crippen LogP contribution in [0.5, 0.6) is 5.75 Å². The van der Waals surface area contributed by atoms with Crippen LogP contribution in [0.15, 0.2) is 97.1 Å². The molecule has 0 unspecified atom stereocenters. The highest BCUT2D eigenvalue weighted by molar-refractivity contribution is 9.11. The van der Waals surface area contributed by atoms with E-state index >= 15 is 0 Å². The fraction of sp³-hybridized carbons (Fsp3) is 0.133. The minimum atomic E-state index is -0.768. The predicted octanol–water partition coefficient (Wildman–Crippen LogP) is 5.39. The molecule has 0 aliphatic carbocycles. The Morgan fingerprint density at radius 1 is 1.05 bits per heavy atom. The van der Waals surface area contributed by atoms with Gasteiger partial charge < -0.3 is 9.47 Å². The fourth-order valence-electron chi connectivity index (χ4n) is 4.47. The van der Waals surface area contributed by atoms with Gasteiger partial charge in [0.25, 0.3) is 5.56 Å². The summed E-state index contributed by atoms with van der Waals surface area (Å²) in [5.74, 6) is -0.741. The quantitative estimate of drug-likeness (QED) is 0.201. The number of benzene rings is 3. The van der Waals surface area contributed by atoms with Crippen molar-refractivity contribution in [1.82, 2.24) is 4.57 Å². The molecule has 0 radical (unpaired) electrons. The average Bonchev–Trinajstić information content (AvgIpc) is 3.25. The average molecular weight is 682 g/mol. The molecular formula is C30H22Br2N2O5S. The van der Waals surface area contributed by atoms with Gasteiger partial charge in [0.05, 0.1) is 32.9 Å². The summed E-state index contributed by atoms with van der Waals surface area (Å²) in [6.07, 6.45) is 1.66. The van der Waals surface area contributed by atoms with E-state index < -0.39 is 18.0 Å². The number of hydrogen-bond donors (Lipinski definition) is 0. The van der Waals surface area contributed by atoms with Gasteiger partial charge >= 0.3 is 11.9 Å². The first-order valence-electron chi connectivity index (χ1n) is 12.3. The van der Waals surface area contributed by atoms with Gasteiger partial charge in [0, 0.05) is 22.5 Å². The SMILES string of the molecule is CCOC(=O)C1=C(c2ccccc2)N=c2s/c(=C\c3cc(Br)cc(Br)c3OC(C)=O)c(=O)n2[C@H]1c1ccccc1. The van der Waals surface area contributed by atoms with Crippen molar-refractivity contribution in [3.63, 3.8) is 0 Å². The Morgan fingerprint density at radius 3 is 2.38 bits per heavy atom. The molecule has 3 aromatic carbocycles. The van der Waals surface area contributed by atoms with Gasteiger partial charge in [-0.05, 0) is 46.6 Å². The van der Waals surface area contributed by atoms with Crippen LogP contribution in [0.25, 0.3) is 11.8 Å². The van der Waals surface area contributed by atoms with Crippen LogP contribution < -0.4 is 19.6 Å². The number of rotatable bonds is 6. The summed E-state index contributed by atoms with van der Waals surface area (Å²) in [4.78, 5) is 44.6. The van der Waals surface area contributed by atoms with Crippen LogP contribution >= 0.6 is 43.2 Å². The largest absolute Gasteiger partial charge is 0.463 e. The van der Waals surface area contributed by atoms with Crippen LogP contribution in [0.4, 0.5) is 0 Å². The van der Waals surface area contributed by atoms with Gasteiger partial charge in [0.2, 0.25) is 0 Å². The Balaban J connectivity index is 1.83. The van der Waals surface area contributed by atoms with Crippen LogP contribution in [-0.4, -0.2) is 23.1 Å². The molecule has 0 spiro atoms. The molecule has 1 aliphatic rings. The van der Waals surface area contributed by atoms with Crippen molar-refractivity contribution in [2.45, 2.75) is 19.9 Å². The monoisotopic (exact) mass is 680 g/mol. The number of esters is 2. The maximum atomic E-state index is 14.1. The maximum absolute atomic E-state index is 14.1. The number of thiazole rings is 1. The molecule has 0 saturated carbocycles. The van der Waals surface area contributed by atoms with Gasteiger partial charge in [0.15, 0.2) is 10.6 Å². The highest BCUT2D eigenvalue weighted by Crippen LogP contribution is 2.36. The summed E-state index contributed by atoms with van der Waals surface area (Å²) in [7, 11) is 0. The third kappa shape index (κ3) is 5.52. The minimum Gasteiger partial charge on any atom is -0.463 e. The smallest absolute Gasteiger partial charge is 0.338 e. The van der Waals surface area contributed by atoms with Crippen molar-refractivity contribution in [3.05, 3.63) is 124 Å². The van der Waals surface area contributed by atoms with E-state index in [1.165, 1.54) is 22.8 Å². The normalized spacial score (nSPS) is 14.9. The lowest BCUT2D eigenvalue weighted by atomic mass is 9.93. The molecular weight excluding hydrogens is 660 g/mol. The molecule has 7 nitrogen and oxygen atoms in total. The Kier molecular flexibility index (Phi) is 8.30. The van der Waals surface area contributed by atoms with E-state index in [-0.39, 0.29) is 17.7 Å². The number of hydrogen-bond acceptors (Lipinski definition) is 7. The summed E-state index contributed by atoms with van der Waals surface area (Å²) in [5, 5.41) is 0. The number of carbonyl (C=O) groups is 2. The summed E-state index contributed by atoms with van der Waals surface area (Å²) in [6.45, 7) is 3.23. The molecule has 2 heterocycles. The Bertz CT molecular complexity index is 1830. The number of ether oxygens (including phenoxy) is 2. The minimum absolute atomic E-state index is 0.174. The molecule has 1 aromatic heterocycles. The second-order valence-electron chi connectivity index (χ2n) is 8.74. The van der Waals surface area contributed by atoms with Crippen molar-refractivity contribution < 1.29 is 19.1 Å². The van der Waals surface area contributed by atoms with Crippen molar-refractivity contribution in [2.24, 2.45) is 4.99 Å². The molecule has 0 bridgehead atoms. The predicted molar refractivity (Wildman–Crippen MR) is 161 cm³/mol. The molecule has 1 aliphatic heterocycles. The van der Waals surface area contributed by atoms with Gasteiger partial charge in [-0.1, -0.05) is 87.9 Å². The molecule has 202 valence electrons. The summed E-state index contributed by atoms with van der Waals surface area (Å²) in [6, 6.07) is 21.5. The summed E-state index contributed by atoms with van der Waals surface area (Å²) in [5.41, 5.74) is 2.39. The number of fused-ring (bicyclic) bond motifs is 1. The van der Waals surface area contributed by atoms with Gasteiger partial charge in [-0.3, -0.25) is 14.2 Å². The summed E-state index contributed by atoms with van der Waals surface area (Å²) < 4.78 is 14.1. The lowest BCUT2D eigenvalue weighted by molar-refractivity contribution is -0.139. The van der Waals surface area contributed by atoms with Crippen LogP contribution in [-0.2, 0) is 14.3 Å². The van der Waals surface area contributed by atoms with Crippen molar-refractivity contribution in [1.29, 1.82) is 0 Å². The highest BCUT2D eigenvalue weighted by Gasteiger charge is 2.35. The Hall–Kier alpha value is -3.60. The van der Waals surface area contributed by atoms with Crippen LogP contribution in [0.1, 0.15) is 36.6 Å². The zero-order chi connectivity index (χ0) is 28.4. The molecule has 0 saturated heterocycles. The zero-order valence-corrected chi connectivity index (χ0v) is 25.4. The second kappa shape index (κ2) is 11.9. The molecule has 0 N–H and O–H groups in total. The molecule has 10 heteroatoms. The van der Waals surface area contributed by atoms with E-state index in [4.69, 9.17) is 14.5 Å². The van der Waals surface area contributed by atoms with E-state index in [0.717, 1.165) is 15.6 Å². The number of aromatic nitrogens is 1. The van der Waals surface area contributed by atoms with Gasteiger partial charge in [-0.15, -0.1) is 0 Å². The third-order valence-corrected chi connectivity index (χ3v) is 8.09. The van der Waals surface area contributed by atoms with Gasteiger partial charge in [0.1, 0.15) is 0 Å². The van der Waals surface area contributed by atoms with E-state index in [0.29, 0.717) is 30.8 Å². The standard InChI is InChI=1S/C30H22Br2N2O5S/c1-3-38-29(37)24-25(18-10-6-4-7-11-18)33-30-34(26(24)19-12-8-5-9-13-19)28(36)23(40-30)15-20-14-21(31)16-22(32)27(20)39-17(2)35/h4-16,26H,3H2,1-2H3/b23-15-/t26-/m0/s1. The molecule has 5 rings (SSSR count). The number of nitrogens with zero attached hydrogens (tertiary/aromatic N) is 2. The topological polar surface area (TPSA) is 87.0 Å². The maximum Gasteiger partial charge on any atom is 0.338 e. The Morgan fingerprint density at radius 2 is 1.73 bits per heavy atom. The molecule has 4 aromatic rings. The first kappa shape index (κ1) is 27.9. The van der Waals surface area contributed by atoms with Crippen LogP contribution in [0.3, 0.4) is 0 Å². The number of halogens is 2. The van der Waals surface area contributed by atoms with E-state index in [2.05, 4.69) is 31.9 Å². The van der Waals surface area contributed by atoms with E-state index in [1.54, 1.807) is 25.1 Å². The second-order valence-corrected chi connectivity index (χ2v) is 11.5. The van der Waals surface area contributed by atoms with E-state index in [9.17, 15) is 14.4 Å². The molecule has 1 atom stereocenters. The van der Waals surface area contributed by atoms with Gasteiger partial charge in [-0.2, -0.15) is 0 Å². The fourth-order valence-corrected chi connectivity index (χ4v) is 6.80. The molecule has 40 heavy (non-hydrogen) atoms. The Labute approximate surface area is 250 Å². The van der Waals surface area contributed by atoms with E-state index in [1.807, 2.05) is 60.7 Å². The highest BCUT2D eigenvalue weighted by atomic mass is 79.9. The zero-order valence-electron chi connectivity index (χ0n) is 21.4. The molecule has 0 fully saturated rings. The van der Waals surface area contributed by atoms with Crippen molar-refractivity contribution in [2.75, 3.05) is 6.61 Å². The van der Waals surface area contributed by atoms with Crippen LogP contribution in [0, 0.1) is 0 Å². The first-order valence-corrected chi connectivity index (χ1v) is 14.7. The summed E-state index contributed by atoms with van der Waals surface area (Å²) >= 11 is 8.10.